The predicted molar refractivity (Wildman–Crippen MR) is 58.4 cm³/mol. The smallest absolute Gasteiger partial charge is 0.389 e. The lowest BCUT2D eigenvalue weighted by molar-refractivity contribution is -0.144. The molecule has 2 N–H and O–H groups in total. The molecular weight excluding hydrogens is 235 g/mol. The van der Waals surface area contributed by atoms with Crippen LogP contribution in [0.5, 0.6) is 0 Å². The molecule has 0 saturated heterocycles. The summed E-state index contributed by atoms with van der Waals surface area (Å²) < 4.78 is 35.5. The van der Waals surface area contributed by atoms with Crippen LogP contribution >= 0.6 is 0 Å². The Bertz CT molecular complexity index is 227. The minimum Gasteiger partial charge on any atom is -0.391 e. The highest BCUT2D eigenvalue weighted by Gasteiger charge is 2.28. The summed E-state index contributed by atoms with van der Waals surface area (Å²) in [6.07, 6.45) is -5.17. The van der Waals surface area contributed by atoms with Gasteiger partial charge in [-0.05, 0) is 5.92 Å². The monoisotopic (exact) mass is 255 g/mol. The third kappa shape index (κ3) is 8.01. The molecule has 0 aromatic carbocycles. The van der Waals surface area contributed by atoms with E-state index in [9.17, 15) is 23.1 Å². The van der Waals surface area contributed by atoms with E-state index in [-0.39, 0.29) is 12.5 Å². The summed E-state index contributed by atoms with van der Waals surface area (Å²) in [5, 5.41) is 12.0. The molecule has 0 aromatic heterocycles. The fourth-order valence-corrected chi connectivity index (χ4v) is 1.56. The number of halogens is 3. The van der Waals surface area contributed by atoms with Gasteiger partial charge in [-0.3, -0.25) is 4.79 Å². The van der Waals surface area contributed by atoms with Crippen molar-refractivity contribution in [3.8, 4) is 0 Å². The topological polar surface area (TPSA) is 49.3 Å². The van der Waals surface area contributed by atoms with E-state index in [1.165, 1.54) is 0 Å². The molecule has 0 heterocycles. The summed E-state index contributed by atoms with van der Waals surface area (Å²) in [5.74, 6) is -0.606. The molecule has 0 spiro atoms. The second kappa shape index (κ2) is 7.53. The van der Waals surface area contributed by atoms with Crippen LogP contribution < -0.4 is 5.32 Å². The first-order valence-corrected chi connectivity index (χ1v) is 5.81. The lowest BCUT2D eigenvalue weighted by Crippen LogP contribution is -2.36. The van der Waals surface area contributed by atoms with Crippen LogP contribution in [0.4, 0.5) is 13.2 Å². The molecular formula is C11H20F3NO2. The van der Waals surface area contributed by atoms with E-state index in [1.54, 1.807) is 0 Å². The van der Waals surface area contributed by atoms with Gasteiger partial charge in [0, 0.05) is 13.0 Å². The number of nitrogens with one attached hydrogen (secondary N) is 1. The lowest BCUT2D eigenvalue weighted by Gasteiger charge is -2.20. The fraction of sp³-hybridized carbons (Fsp3) is 0.909. The number of hydrogen-bond donors (Lipinski definition) is 2. The van der Waals surface area contributed by atoms with E-state index in [0.717, 1.165) is 12.8 Å². The van der Waals surface area contributed by atoms with Crippen molar-refractivity contribution in [1.29, 1.82) is 0 Å². The van der Waals surface area contributed by atoms with Crippen LogP contribution in [0.2, 0.25) is 0 Å². The molecule has 0 aliphatic heterocycles. The van der Waals surface area contributed by atoms with Gasteiger partial charge >= 0.3 is 6.18 Å². The number of alkyl halides is 3. The van der Waals surface area contributed by atoms with Crippen LogP contribution in [0.3, 0.4) is 0 Å². The highest BCUT2D eigenvalue weighted by molar-refractivity contribution is 5.75. The molecule has 0 aromatic rings. The van der Waals surface area contributed by atoms with Gasteiger partial charge in [0.05, 0.1) is 12.5 Å². The Kier molecular flexibility index (Phi) is 7.18. The van der Waals surface area contributed by atoms with Gasteiger partial charge in [-0.2, -0.15) is 13.2 Å². The highest BCUT2D eigenvalue weighted by Crippen LogP contribution is 2.21. The zero-order chi connectivity index (χ0) is 13.5. The van der Waals surface area contributed by atoms with Crippen molar-refractivity contribution in [3.63, 3.8) is 0 Å². The Labute approximate surface area is 99.4 Å². The maximum Gasteiger partial charge on any atom is 0.389 e. The van der Waals surface area contributed by atoms with Gasteiger partial charge in [-0.1, -0.05) is 26.7 Å². The molecule has 17 heavy (non-hydrogen) atoms. The zero-order valence-electron chi connectivity index (χ0n) is 10.2. The van der Waals surface area contributed by atoms with E-state index in [2.05, 4.69) is 5.32 Å². The van der Waals surface area contributed by atoms with Crippen molar-refractivity contribution in [1.82, 2.24) is 5.32 Å². The first-order valence-electron chi connectivity index (χ1n) is 5.81. The van der Waals surface area contributed by atoms with Crippen LogP contribution in [0.15, 0.2) is 0 Å². The van der Waals surface area contributed by atoms with Gasteiger partial charge in [0.2, 0.25) is 5.91 Å². The Balaban J connectivity index is 3.84. The third-order valence-corrected chi connectivity index (χ3v) is 2.74. The maximum absolute atomic E-state index is 11.8. The number of aliphatic hydroxyl groups is 1. The molecule has 0 aliphatic rings. The molecule has 0 aliphatic carbocycles. The molecule has 3 nitrogen and oxygen atoms in total. The minimum atomic E-state index is -4.31. The number of aliphatic hydroxyl groups excluding tert-OH is 1. The van der Waals surface area contributed by atoms with Crippen molar-refractivity contribution in [2.24, 2.45) is 5.92 Å². The predicted octanol–water partition coefficient (Wildman–Crippen LogP) is 2.24. The summed E-state index contributed by atoms with van der Waals surface area (Å²) in [6.45, 7) is 3.86. The number of amides is 1. The summed E-state index contributed by atoms with van der Waals surface area (Å²) in [4.78, 5) is 11.1. The molecule has 6 heteroatoms. The number of carbonyl (C=O) groups excluding carboxylic acids is 1. The van der Waals surface area contributed by atoms with Gasteiger partial charge in [0.15, 0.2) is 0 Å². The summed E-state index contributed by atoms with van der Waals surface area (Å²) in [6, 6.07) is 0. The normalized spacial score (nSPS) is 13.8. The van der Waals surface area contributed by atoms with Crippen LogP contribution in [-0.2, 0) is 4.79 Å². The molecule has 102 valence electrons. The quantitative estimate of drug-likeness (QED) is 0.733. The largest absolute Gasteiger partial charge is 0.391 e. The first kappa shape index (κ1) is 16.2. The summed E-state index contributed by atoms with van der Waals surface area (Å²) >= 11 is 0. The van der Waals surface area contributed by atoms with Crippen molar-refractivity contribution in [2.75, 3.05) is 6.54 Å². The van der Waals surface area contributed by atoms with Gasteiger partial charge in [-0.25, -0.2) is 0 Å². The van der Waals surface area contributed by atoms with E-state index < -0.39 is 31.0 Å². The van der Waals surface area contributed by atoms with Crippen LogP contribution in [0.25, 0.3) is 0 Å². The second-order valence-corrected chi connectivity index (χ2v) is 4.06. The highest BCUT2D eigenvalue weighted by atomic mass is 19.4. The lowest BCUT2D eigenvalue weighted by atomic mass is 9.96. The van der Waals surface area contributed by atoms with E-state index >= 15 is 0 Å². The van der Waals surface area contributed by atoms with Crippen LogP contribution in [0, 0.1) is 5.92 Å². The van der Waals surface area contributed by atoms with Gasteiger partial charge in [-0.15, -0.1) is 0 Å². The third-order valence-electron chi connectivity index (χ3n) is 2.74. The van der Waals surface area contributed by atoms with Crippen molar-refractivity contribution >= 4 is 5.91 Å². The Morgan fingerprint density at radius 1 is 1.29 bits per heavy atom. The summed E-state index contributed by atoms with van der Waals surface area (Å²) in [5.41, 5.74) is 0. The number of carbonyl (C=O) groups is 1. The van der Waals surface area contributed by atoms with E-state index in [1.807, 2.05) is 13.8 Å². The van der Waals surface area contributed by atoms with Crippen molar-refractivity contribution in [3.05, 3.63) is 0 Å². The van der Waals surface area contributed by atoms with Gasteiger partial charge in [0.25, 0.3) is 0 Å². The Hall–Kier alpha value is -0.780. The molecule has 0 radical (unpaired) electrons. The Morgan fingerprint density at radius 2 is 1.82 bits per heavy atom. The average molecular weight is 255 g/mol. The molecule has 1 amide bonds. The van der Waals surface area contributed by atoms with Crippen LogP contribution in [0.1, 0.15) is 39.5 Å². The second-order valence-electron chi connectivity index (χ2n) is 4.06. The maximum atomic E-state index is 11.8. The molecule has 0 bridgehead atoms. The molecule has 1 atom stereocenters. The number of hydrogen-bond acceptors (Lipinski definition) is 2. The summed E-state index contributed by atoms with van der Waals surface area (Å²) in [7, 11) is 0. The number of rotatable bonds is 7. The average Bonchev–Trinajstić information content (AvgIpc) is 2.24. The van der Waals surface area contributed by atoms with Gasteiger partial charge < -0.3 is 10.4 Å². The minimum absolute atomic E-state index is 0.0169. The first-order chi connectivity index (χ1) is 7.80. The van der Waals surface area contributed by atoms with E-state index in [0.29, 0.717) is 0 Å². The van der Waals surface area contributed by atoms with Crippen molar-refractivity contribution < 1.29 is 23.1 Å². The molecule has 0 fully saturated rings. The SMILES string of the molecule is CCC(CC)C(O)CNC(=O)CCC(F)(F)F. The molecule has 0 saturated carbocycles. The standard InChI is InChI=1S/C11H20F3NO2/c1-3-8(4-2)9(16)7-15-10(17)5-6-11(12,13)14/h8-9,16H,3-7H2,1-2H3,(H,15,17). The zero-order valence-corrected chi connectivity index (χ0v) is 10.2. The van der Waals surface area contributed by atoms with Crippen LogP contribution in [-0.4, -0.2) is 29.8 Å². The van der Waals surface area contributed by atoms with E-state index in [4.69, 9.17) is 0 Å². The molecule has 1 unspecified atom stereocenters. The van der Waals surface area contributed by atoms with Crippen molar-refractivity contribution in [2.45, 2.75) is 51.8 Å². The van der Waals surface area contributed by atoms with Gasteiger partial charge in [0.1, 0.15) is 0 Å². The Morgan fingerprint density at radius 3 is 2.24 bits per heavy atom. The fourth-order valence-electron chi connectivity index (χ4n) is 1.56. The molecule has 0 rings (SSSR count).